The number of ether oxygens (including phenoxy) is 5. The van der Waals surface area contributed by atoms with Crippen molar-refractivity contribution in [3.8, 4) is 0 Å². The van der Waals surface area contributed by atoms with Crippen molar-refractivity contribution in [3.63, 3.8) is 0 Å². The molecule has 1 saturated heterocycles. The quantitative estimate of drug-likeness (QED) is 0.0228. The molecule has 12 heteroatoms. The highest BCUT2D eigenvalue weighted by Gasteiger charge is 2.50. The van der Waals surface area contributed by atoms with Crippen molar-refractivity contribution in [2.45, 2.75) is 263 Å². The van der Waals surface area contributed by atoms with Crippen molar-refractivity contribution in [3.05, 3.63) is 85.1 Å². The average molecular weight is 1030 g/mol. The van der Waals surface area contributed by atoms with Crippen molar-refractivity contribution in [1.29, 1.82) is 0 Å². The van der Waals surface area contributed by atoms with Crippen LogP contribution in [0.2, 0.25) is 0 Å². The topological polar surface area (TPSA) is 175 Å². The van der Waals surface area contributed by atoms with Crippen LogP contribution in [-0.2, 0) is 42.9 Å². The Labute approximate surface area is 441 Å². The fraction of sp³-hybridized carbons (Fsp3) is 0.705. The smallest absolute Gasteiger partial charge is 0.335 e. The number of carboxylic acid groups (broad SMARTS) is 1. The van der Waals surface area contributed by atoms with Crippen LogP contribution in [-0.4, -0.2) is 89.2 Å². The maximum absolute atomic E-state index is 13.1. The second-order valence-electron chi connectivity index (χ2n) is 19.2. The molecule has 0 aromatic heterocycles. The maximum Gasteiger partial charge on any atom is 0.335 e. The first-order chi connectivity index (χ1) is 35.6. The molecule has 1 aliphatic rings. The van der Waals surface area contributed by atoms with Crippen molar-refractivity contribution in [2.75, 3.05) is 13.2 Å². The average Bonchev–Trinajstić information content (AvgIpc) is 3.37. The number of carbonyl (C=O) groups is 4. The van der Waals surface area contributed by atoms with Gasteiger partial charge in [-0.2, -0.15) is 0 Å². The summed E-state index contributed by atoms with van der Waals surface area (Å²) in [6, 6.07) is 0. The molecule has 6 atom stereocenters. The van der Waals surface area contributed by atoms with E-state index in [2.05, 4.69) is 106 Å². The Morgan fingerprint density at radius 2 is 0.863 bits per heavy atom. The minimum Gasteiger partial charge on any atom is -0.479 e. The fourth-order valence-corrected chi connectivity index (χ4v) is 8.14. The largest absolute Gasteiger partial charge is 0.479 e. The maximum atomic E-state index is 13.1. The van der Waals surface area contributed by atoms with Crippen molar-refractivity contribution < 1.29 is 58.2 Å². The Kier molecular flexibility index (Phi) is 44.7. The SMILES string of the molecule is CC/C=C\C/C=C\C/C=C\C/C=C\CCCCC(=O)OC(COC(=O)CCCCCCCCC/C=C\C/C=C\C/C=C\CC)COC1OC(C(=O)O)C(O)C(O)C1OC(=O)CCCCCCCCCCCCC. The fourth-order valence-electron chi connectivity index (χ4n) is 8.14. The molecule has 0 spiro atoms. The highest BCUT2D eigenvalue weighted by atomic mass is 16.7. The summed E-state index contributed by atoms with van der Waals surface area (Å²) in [5, 5.41) is 31.4. The summed E-state index contributed by atoms with van der Waals surface area (Å²) >= 11 is 0. The van der Waals surface area contributed by atoms with Crippen molar-refractivity contribution in [2.24, 2.45) is 0 Å². The molecular weight excluding hydrogens is 925 g/mol. The van der Waals surface area contributed by atoms with Gasteiger partial charge in [-0.05, 0) is 89.9 Å². The number of carbonyl (C=O) groups excluding carboxylic acids is 3. The molecule has 1 rings (SSSR count). The van der Waals surface area contributed by atoms with E-state index in [1.54, 1.807) is 0 Å². The van der Waals surface area contributed by atoms with Gasteiger partial charge in [0.05, 0.1) is 6.61 Å². The van der Waals surface area contributed by atoms with E-state index in [1.165, 1.54) is 44.9 Å². The molecule has 416 valence electrons. The van der Waals surface area contributed by atoms with Crippen molar-refractivity contribution >= 4 is 23.9 Å². The first kappa shape index (κ1) is 66.9. The second-order valence-corrected chi connectivity index (χ2v) is 19.2. The number of aliphatic hydroxyl groups excluding tert-OH is 2. The lowest BCUT2D eigenvalue weighted by atomic mass is 9.98. The van der Waals surface area contributed by atoms with Crippen LogP contribution in [0.4, 0.5) is 0 Å². The van der Waals surface area contributed by atoms with Gasteiger partial charge in [0.25, 0.3) is 0 Å². The van der Waals surface area contributed by atoms with Gasteiger partial charge in [-0.1, -0.05) is 202 Å². The summed E-state index contributed by atoms with van der Waals surface area (Å²) < 4.78 is 28.3. The Morgan fingerprint density at radius 3 is 1.34 bits per heavy atom. The molecule has 73 heavy (non-hydrogen) atoms. The van der Waals surface area contributed by atoms with E-state index in [-0.39, 0.29) is 25.9 Å². The summed E-state index contributed by atoms with van der Waals surface area (Å²) in [7, 11) is 0. The number of rotatable bonds is 47. The van der Waals surface area contributed by atoms with Gasteiger partial charge in [-0.15, -0.1) is 0 Å². The molecule has 0 saturated carbocycles. The van der Waals surface area contributed by atoms with Crippen LogP contribution in [0.1, 0.15) is 226 Å². The van der Waals surface area contributed by atoms with Crippen LogP contribution in [0, 0.1) is 0 Å². The van der Waals surface area contributed by atoms with Crippen LogP contribution < -0.4 is 0 Å². The predicted molar refractivity (Wildman–Crippen MR) is 294 cm³/mol. The van der Waals surface area contributed by atoms with Gasteiger partial charge in [0.1, 0.15) is 18.8 Å². The molecule has 1 aliphatic heterocycles. The van der Waals surface area contributed by atoms with Crippen LogP contribution >= 0.6 is 0 Å². The normalized spacial score (nSPS) is 18.9. The Balaban J connectivity index is 2.73. The zero-order chi connectivity index (χ0) is 53.3. The second kappa shape index (κ2) is 48.8. The summed E-state index contributed by atoms with van der Waals surface area (Å²) in [5.41, 5.74) is 0. The number of esters is 3. The zero-order valence-corrected chi connectivity index (χ0v) is 45.6. The van der Waals surface area contributed by atoms with Gasteiger partial charge in [0.2, 0.25) is 0 Å². The number of hydrogen-bond donors (Lipinski definition) is 3. The summed E-state index contributed by atoms with van der Waals surface area (Å²) in [6.45, 7) is 5.70. The van der Waals surface area contributed by atoms with Gasteiger partial charge in [-0.25, -0.2) is 4.79 Å². The van der Waals surface area contributed by atoms with Crippen LogP contribution in [0.15, 0.2) is 85.1 Å². The van der Waals surface area contributed by atoms with E-state index in [0.717, 1.165) is 122 Å². The Morgan fingerprint density at radius 1 is 0.466 bits per heavy atom. The predicted octanol–water partition coefficient (Wildman–Crippen LogP) is 14.3. The highest BCUT2D eigenvalue weighted by Crippen LogP contribution is 2.26. The van der Waals surface area contributed by atoms with Crippen LogP contribution in [0.3, 0.4) is 0 Å². The number of aliphatic carboxylic acids is 1. The lowest BCUT2D eigenvalue weighted by Crippen LogP contribution is -2.61. The molecule has 12 nitrogen and oxygen atoms in total. The monoisotopic (exact) mass is 1020 g/mol. The molecule has 1 fully saturated rings. The summed E-state index contributed by atoms with van der Waals surface area (Å²) in [6.07, 6.45) is 49.9. The number of unbranched alkanes of at least 4 members (excludes halogenated alkanes) is 19. The molecule has 0 radical (unpaired) electrons. The Bertz CT molecular complexity index is 1590. The van der Waals surface area contributed by atoms with Crippen LogP contribution in [0.5, 0.6) is 0 Å². The first-order valence-corrected chi connectivity index (χ1v) is 28.6. The van der Waals surface area contributed by atoms with E-state index in [0.29, 0.717) is 19.3 Å². The lowest BCUT2D eigenvalue weighted by Gasteiger charge is -2.40. The molecule has 0 aliphatic carbocycles. The van der Waals surface area contributed by atoms with Gasteiger partial charge < -0.3 is 39.0 Å². The van der Waals surface area contributed by atoms with Crippen molar-refractivity contribution in [1.82, 2.24) is 0 Å². The van der Waals surface area contributed by atoms with E-state index >= 15 is 0 Å². The van der Waals surface area contributed by atoms with Gasteiger partial charge >= 0.3 is 23.9 Å². The Hall–Kier alpha value is -4.10. The molecule has 0 bridgehead atoms. The first-order valence-electron chi connectivity index (χ1n) is 28.6. The molecule has 6 unspecified atom stereocenters. The number of carboxylic acids is 1. The lowest BCUT2D eigenvalue weighted by molar-refractivity contribution is -0.301. The minimum atomic E-state index is -1.91. The zero-order valence-electron chi connectivity index (χ0n) is 45.6. The number of aliphatic hydroxyl groups is 2. The molecule has 3 N–H and O–H groups in total. The third-order valence-electron chi connectivity index (χ3n) is 12.5. The third kappa shape index (κ3) is 39.0. The summed E-state index contributed by atoms with van der Waals surface area (Å²) in [5.74, 6) is -3.19. The van der Waals surface area contributed by atoms with Gasteiger partial charge in [0, 0.05) is 19.3 Å². The van der Waals surface area contributed by atoms with E-state index in [4.69, 9.17) is 23.7 Å². The molecule has 0 aromatic rings. The number of allylic oxidation sites excluding steroid dienone is 14. The van der Waals surface area contributed by atoms with E-state index in [1.807, 2.05) is 0 Å². The van der Waals surface area contributed by atoms with Gasteiger partial charge in [-0.3, -0.25) is 14.4 Å². The van der Waals surface area contributed by atoms with E-state index in [9.17, 15) is 34.5 Å². The summed E-state index contributed by atoms with van der Waals surface area (Å²) in [4.78, 5) is 51.0. The standard InChI is InChI=1S/C61H100O12/c1-4-7-10-13-16-19-22-24-26-27-29-30-33-35-38-41-44-47-53(62)69-50-52(71-54(63)48-45-42-39-37-34-31-28-25-23-20-17-14-11-8-5-2)51-70-61-59(57(66)56(65)58(73-61)60(67)68)72-55(64)49-46-43-40-36-32-21-18-15-12-9-6-3/h7-8,10-11,16-17,19-20,24-26,28,34,37,52,56-59,61,65-66H,4-6,9,12-15,18,21-23,27,29-33,35-36,38-51H2,1-3H3,(H,67,68)/b10-7-,11-8-,19-16-,20-17-,26-24-,28-25-,37-34-. The molecular formula is C61H100O12. The van der Waals surface area contributed by atoms with Crippen LogP contribution in [0.25, 0.3) is 0 Å². The third-order valence-corrected chi connectivity index (χ3v) is 12.5. The molecule has 1 heterocycles. The molecule has 0 aromatic carbocycles. The number of hydrogen-bond acceptors (Lipinski definition) is 11. The minimum absolute atomic E-state index is 0.0537. The molecule has 0 amide bonds. The van der Waals surface area contributed by atoms with Gasteiger partial charge in [0.15, 0.2) is 24.6 Å². The highest BCUT2D eigenvalue weighted by molar-refractivity contribution is 5.74. The van der Waals surface area contributed by atoms with E-state index < -0.39 is 67.3 Å².